The van der Waals surface area contributed by atoms with Crippen molar-refractivity contribution < 1.29 is 0 Å². The summed E-state index contributed by atoms with van der Waals surface area (Å²) in [5.74, 6) is 0. The summed E-state index contributed by atoms with van der Waals surface area (Å²) in [4.78, 5) is 18.0. The standard InChI is InChI=1S/C16H10BrN3.C16H11N3.BHNS.B/c17-12-6-5-9-10-3-1-7-19-15(10)16-11(4-2-8-20-16)13(9)14(12)18;17-13-7-1-4-10-11-5-2-8-18-15(11)16-12(14(10)13)6-3-9-19-16;1-2-3;/h1-8H,18H2;1-9H,17H2;3H;. The summed E-state index contributed by atoms with van der Waals surface area (Å²) < 4.78 is 3.60. The van der Waals surface area contributed by atoms with Gasteiger partial charge < -0.3 is 11.5 Å². The number of hydrogen-bond acceptors (Lipinski definition) is 8. The van der Waals surface area contributed by atoms with E-state index in [1.165, 1.54) is 0 Å². The Hall–Kier alpha value is -4.60. The number of rotatable bonds is 0. The molecule has 4 aromatic carbocycles. The minimum absolute atomic E-state index is 0. The first kappa shape index (κ1) is 29.9. The Morgan fingerprint density at radius 2 is 0.953 bits per heavy atom. The van der Waals surface area contributed by atoms with Gasteiger partial charge in [-0.05, 0) is 63.1 Å². The van der Waals surface area contributed by atoms with Crippen molar-refractivity contribution in [2.75, 3.05) is 11.5 Å². The van der Waals surface area contributed by atoms with Gasteiger partial charge in [0.2, 0.25) is 0 Å². The zero-order valence-electron chi connectivity index (χ0n) is 22.7. The molecule has 4 aromatic heterocycles. The van der Waals surface area contributed by atoms with Gasteiger partial charge in [-0.25, -0.2) is 0 Å². The third-order valence-corrected chi connectivity index (χ3v) is 7.78. The van der Waals surface area contributed by atoms with Gasteiger partial charge >= 0.3 is 24.8 Å². The van der Waals surface area contributed by atoms with Crippen molar-refractivity contribution >= 4 is 121 Å². The fraction of sp³-hybridized carbons (Fsp3) is 0. The summed E-state index contributed by atoms with van der Waals surface area (Å²) in [7, 11) is 4.34. The van der Waals surface area contributed by atoms with Crippen LogP contribution < -0.4 is 11.5 Å². The number of aromatic nitrogens is 4. The zero-order chi connectivity index (χ0) is 29.2. The van der Waals surface area contributed by atoms with Gasteiger partial charge in [-0.3, -0.25) is 19.9 Å². The molecule has 0 atom stereocenters. The molecule has 8 aromatic rings. The predicted octanol–water partition coefficient (Wildman–Crippen LogP) is 7.60. The molecule has 0 aliphatic rings. The van der Waals surface area contributed by atoms with Gasteiger partial charge in [0, 0.05) is 75.7 Å². The van der Waals surface area contributed by atoms with E-state index in [0.717, 1.165) is 81.0 Å². The normalized spacial score (nSPS) is 10.6. The number of hydrogen-bond donors (Lipinski definition) is 3. The Kier molecular flexibility index (Phi) is 8.84. The van der Waals surface area contributed by atoms with Crippen LogP contribution in [0.4, 0.5) is 11.4 Å². The molecule has 4 radical (unpaired) electrons. The molecule has 0 saturated heterocycles. The molecular weight excluding hydrogens is 616 g/mol. The Morgan fingerprint density at radius 3 is 1.47 bits per heavy atom. The molecule has 4 heterocycles. The molecule has 0 saturated carbocycles. The van der Waals surface area contributed by atoms with Crippen LogP contribution in [0.1, 0.15) is 0 Å². The van der Waals surface area contributed by atoms with E-state index in [1.54, 1.807) is 24.8 Å². The molecule has 4 N–H and O–H groups in total. The number of nitrogen functional groups attached to an aromatic ring is 2. The molecule has 0 aliphatic heterocycles. The number of benzene rings is 4. The molecule has 0 unspecified atom stereocenters. The average Bonchev–Trinajstić information content (AvgIpc) is 3.03. The van der Waals surface area contributed by atoms with E-state index in [-0.39, 0.29) is 8.41 Å². The van der Waals surface area contributed by atoms with E-state index in [0.29, 0.717) is 0 Å². The molecule has 8 rings (SSSR count). The van der Waals surface area contributed by atoms with Crippen LogP contribution in [-0.2, 0) is 0 Å². The van der Waals surface area contributed by atoms with Crippen LogP contribution in [0.25, 0.3) is 65.2 Å². The third kappa shape index (κ3) is 5.26. The van der Waals surface area contributed by atoms with Crippen molar-refractivity contribution in [2.45, 2.75) is 0 Å². The Labute approximate surface area is 264 Å². The fourth-order valence-corrected chi connectivity index (χ4v) is 5.75. The van der Waals surface area contributed by atoms with Gasteiger partial charge in [0.25, 0.3) is 0 Å². The summed E-state index contributed by atoms with van der Waals surface area (Å²) in [5, 5.41) is 8.59. The summed E-state index contributed by atoms with van der Waals surface area (Å²) in [6.45, 7) is 0. The topological polar surface area (TPSA) is 116 Å². The van der Waals surface area contributed by atoms with E-state index >= 15 is 0 Å². The van der Waals surface area contributed by atoms with Crippen LogP contribution in [0.15, 0.2) is 112 Å². The van der Waals surface area contributed by atoms with Crippen molar-refractivity contribution in [2.24, 2.45) is 4.30 Å². The van der Waals surface area contributed by atoms with Crippen molar-refractivity contribution in [3.05, 3.63) is 108 Å². The maximum absolute atomic E-state index is 6.28. The molecule has 204 valence electrons. The summed E-state index contributed by atoms with van der Waals surface area (Å²) in [5.41, 5.74) is 17.6. The predicted molar refractivity (Wildman–Crippen MR) is 189 cm³/mol. The van der Waals surface area contributed by atoms with E-state index < -0.39 is 0 Å². The average molecular weight is 638 g/mol. The first-order valence-electron chi connectivity index (χ1n) is 12.9. The van der Waals surface area contributed by atoms with Gasteiger partial charge in [-0.1, -0.05) is 42.5 Å². The minimum atomic E-state index is 0. The zero-order valence-corrected chi connectivity index (χ0v) is 25.2. The SMILES string of the molecule is Nc1c(Br)ccc2c3cccnc3c3ncccc3c12.Nc1cccc2c3cccnc3c3ncccc3c12.[B].[B]=NS. The molecule has 0 aliphatic carbocycles. The molecule has 7 nitrogen and oxygen atoms in total. The molecule has 0 fully saturated rings. The number of halogens is 1. The van der Waals surface area contributed by atoms with E-state index in [4.69, 9.17) is 11.5 Å². The van der Waals surface area contributed by atoms with E-state index in [9.17, 15) is 0 Å². The Balaban J connectivity index is 0.000000154. The van der Waals surface area contributed by atoms with Crippen LogP contribution in [0.2, 0.25) is 0 Å². The number of nitrogens with zero attached hydrogens (tertiary/aromatic N) is 5. The second-order valence-corrected chi connectivity index (χ2v) is 10.5. The third-order valence-electron chi connectivity index (χ3n) is 7.09. The van der Waals surface area contributed by atoms with Crippen LogP contribution in [0, 0.1) is 0 Å². The van der Waals surface area contributed by atoms with Gasteiger partial charge in [-0.15, -0.1) is 0 Å². The van der Waals surface area contributed by atoms with Crippen molar-refractivity contribution in [1.29, 1.82) is 0 Å². The monoisotopic (exact) mass is 637 g/mol. The second kappa shape index (κ2) is 12.7. The molecule has 0 amide bonds. The summed E-state index contributed by atoms with van der Waals surface area (Å²) in [6, 6.07) is 26.0. The number of anilines is 2. The van der Waals surface area contributed by atoms with Crippen LogP contribution in [0.5, 0.6) is 0 Å². The van der Waals surface area contributed by atoms with Crippen LogP contribution >= 0.6 is 28.7 Å². The van der Waals surface area contributed by atoms with Crippen molar-refractivity contribution in [3.8, 4) is 0 Å². The van der Waals surface area contributed by atoms with Gasteiger partial charge in [0.1, 0.15) is 0 Å². The molecular formula is C32H22B2BrN7S. The van der Waals surface area contributed by atoms with Crippen molar-refractivity contribution in [3.63, 3.8) is 0 Å². The molecule has 0 spiro atoms. The number of pyridine rings is 4. The molecule has 11 heteroatoms. The number of thiol groups is 1. The fourth-order valence-electron chi connectivity index (χ4n) is 5.42. The summed E-state index contributed by atoms with van der Waals surface area (Å²) in [6.07, 6.45) is 7.18. The maximum atomic E-state index is 6.28. The van der Waals surface area contributed by atoms with Crippen molar-refractivity contribution in [1.82, 2.24) is 19.9 Å². The Bertz CT molecular complexity index is 2220. The molecule has 0 bridgehead atoms. The number of fused-ring (bicyclic) bond motifs is 12. The van der Waals surface area contributed by atoms with E-state index in [2.05, 4.69) is 91.0 Å². The van der Waals surface area contributed by atoms with Crippen LogP contribution in [0.3, 0.4) is 0 Å². The summed E-state index contributed by atoms with van der Waals surface area (Å²) >= 11 is 6.70. The number of nitrogens with two attached hydrogens (primary N) is 2. The first-order valence-corrected chi connectivity index (χ1v) is 14.1. The molecule has 43 heavy (non-hydrogen) atoms. The van der Waals surface area contributed by atoms with E-state index in [1.807, 2.05) is 48.5 Å². The Morgan fingerprint density at radius 1 is 0.558 bits per heavy atom. The quantitative estimate of drug-likeness (QED) is 0.0682. The van der Waals surface area contributed by atoms with Gasteiger partial charge in [0.15, 0.2) is 0 Å². The van der Waals surface area contributed by atoms with Gasteiger partial charge in [-0.2, -0.15) is 0 Å². The van der Waals surface area contributed by atoms with Gasteiger partial charge in [0.05, 0.1) is 27.8 Å². The van der Waals surface area contributed by atoms with Crippen LogP contribution in [-0.4, -0.2) is 36.0 Å². The second-order valence-electron chi connectivity index (χ2n) is 9.37. The first-order chi connectivity index (χ1) is 20.5.